The third-order valence-electron chi connectivity index (χ3n) is 5.95. The second kappa shape index (κ2) is 9.20. The predicted octanol–water partition coefficient (Wildman–Crippen LogP) is 4.77. The number of benzene rings is 1. The van der Waals surface area contributed by atoms with Crippen LogP contribution in [0.25, 0.3) is 16.9 Å². The topological polar surface area (TPSA) is 94.3 Å². The Morgan fingerprint density at radius 2 is 1.94 bits per heavy atom. The van der Waals surface area contributed by atoms with Crippen molar-refractivity contribution in [2.24, 2.45) is 0 Å². The maximum atomic E-state index is 12.8. The van der Waals surface area contributed by atoms with Crippen molar-refractivity contribution < 1.29 is 14.7 Å². The first-order valence-corrected chi connectivity index (χ1v) is 12.4. The van der Waals surface area contributed by atoms with Crippen molar-refractivity contribution in [2.45, 2.75) is 13.3 Å². The molecule has 1 N–H and O–H groups in total. The first-order valence-electron chi connectivity index (χ1n) is 11.1. The summed E-state index contributed by atoms with van der Waals surface area (Å²) in [7, 11) is 1.95. The Morgan fingerprint density at radius 3 is 2.66 bits per heavy atom. The number of halogens is 1. The van der Waals surface area contributed by atoms with Crippen molar-refractivity contribution in [3.63, 3.8) is 0 Å². The Morgan fingerprint density at radius 1 is 1.17 bits per heavy atom. The van der Waals surface area contributed by atoms with Crippen LogP contribution in [0.3, 0.4) is 0 Å². The number of pyridine rings is 1. The molecule has 11 heteroatoms. The summed E-state index contributed by atoms with van der Waals surface area (Å²) in [5.41, 5.74) is 4.21. The maximum Gasteiger partial charge on any atom is 0.325 e. The number of carboxylic acid groups (broad SMARTS) is 1. The molecule has 0 saturated carbocycles. The molecule has 4 heterocycles. The number of amides is 2. The highest BCUT2D eigenvalue weighted by atomic mass is 35.5. The zero-order chi connectivity index (χ0) is 24.7. The summed E-state index contributed by atoms with van der Waals surface area (Å²) < 4.78 is 1.96. The van der Waals surface area contributed by atoms with Crippen molar-refractivity contribution in [1.82, 2.24) is 19.3 Å². The normalized spacial score (nSPS) is 13.7. The van der Waals surface area contributed by atoms with Crippen molar-refractivity contribution in [2.75, 3.05) is 36.5 Å². The van der Waals surface area contributed by atoms with Crippen molar-refractivity contribution in [1.29, 1.82) is 0 Å². The van der Waals surface area contributed by atoms with Gasteiger partial charge in [0.05, 0.1) is 17.1 Å². The quantitative estimate of drug-likeness (QED) is 0.385. The summed E-state index contributed by atoms with van der Waals surface area (Å²) >= 11 is 7.55. The van der Waals surface area contributed by atoms with Gasteiger partial charge in [0.1, 0.15) is 18.0 Å². The van der Waals surface area contributed by atoms with Crippen LogP contribution in [-0.2, 0) is 11.2 Å². The number of imidazole rings is 1. The maximum absolute atomic E-state index is 12.8. The zero-order valence-electron chi connectivity index (χ0n) is 19.2. The van der Waals surface area contributed by atoms with E-state index in [0.29, 0.717) is 23.8 Å². The van der Waals surface area contributed by atoms with Gasteiger partial charge in [-0.25, -0.2) is 14.8 Å². The number of rotatable bonds is 7. The van der Waals surface area contributed by atoms with Gasteiger partial charge in [0.15, 0.2) is 5.13 Å². The summed E-state index contributed by atoms with van der Waals surface area (Å²) in [6.45, 7) is 2.53. The van der Waals surface area contributed by atoms with Gasteiger partial charge in [0.2, 0.25) is 0 Å². The third kappa shape index (κ3) is 4.30. The average Bonchev–Trinajstić information content (AvgIpc) is 3.56. The minimum Gasteiger partial charge on any atom is -0.480 e. The molecular weight excluding hydrogens is 488 g/mol. The lowest BCUT2D eigenvalue weighted by Gasteiger charge is -2.20. The van der Waals surface area contributed by atoms with Crippen molar-refractivity contribution in [3.8, 4) is 11.3 Å². The number of fused-ring (bicyclic) bond motifs is 1. The summed E-state index contributed by atoms with van der Waals surface area (Å²) in [4.78, 5) is 38.4. The number of nitrogens with zero attached hydrogens (tertiary/aromatic N) is 6. The molecule has 4 aromatic rings. The molecular formula is C24H23ClN6O3S. The number of aliphatic carboxylic acids is 1. The van der Waals surface area contributed by atoms with Crippen LogP contribution in [0.2, 0.25) is 5.02 Å². The lowest BCUT2D eigenvalue weighted by atomic mass is 10.2. The van der Waals surface area contributed by atoms with Gasteiger partial charge in [-0.15, -0.1) is 11.3 Å². The lowest BCUT2D eigenvalue weighted by molar-refractivity contribution is -0.137. The molecule has 0 atom stereocenters. The van der Waals surface area contributed by atoms with Crippen LogP contribution in [0.1, 0.15) is 12.6 Å². The van der Waals surface area contributed by atoms with Gasteiger partial charge in [-0.1, -0.05) is 30.7 Å². The number of aromatic nitrogens is 3. The van der Waals surface area contributed by atoms with Crippen LogP contribution in [0.15, 0.2) is 48.0 Å². The zero-order valence-corrected chi connectivity index (χ0v) is 20.8. The van der Waals surface area contributed by atoms with E-state index in [1.165, 1.54) is 16.2 Å². The van der Waals surface area contributed by atoms with Crippen LogP contribution in [0, 0.1) is 0 Å². The number of anilines is 3. The van der Waals surface area contributed by atoms with E-state index < -0.39 is 5.97 Å². The first kappa shape index (κ1) is 23.1. The highest BCUT2D eigenvalue weighted by Gasteiger charge is 2.31. The van der Waals surface area contributed by atoms with Crippen molar-refractivity contribution in [3.05, 3.63) is 58.7 Å². The number of urea groups is 1. The molecule has 5 rings (SSSR count). The predicted molar refractivity (Wildman–Crippen MR) is 137 cm³/mol. The summed E-state index contributed by atoms with van der Waals surface area (Å²) in [5.74, 6) is -0.154. The SMILES string of the molecule is CCc1nc2ccc(N3CCN(CC(=O)O)C3=O)cn2c1N(C)c1nc(-c2ccc(Cl)cc2)cs1. The molecule has 1 aliphatic heterocycles. The van der Waals surface area contributed by atoms with Gasteiger partial charge in [0, 0.05) is 42.3 Å². The molecule has 2 amide bonds. The van der Waals surface area contributed by atoms with E-state index in [4.69, 9.17) is 26.7 Å². The summed E-state index contributed by atoms with van der Waals surface area (Å²) in [5, 5.41) is 12.6. The molecule has 180 valence electrons. The van der Waals surface area contributed by atoms with Crippen LogP contribution in [0.4, 0.5) is 21.4 Å². The largest absolute Gasteiger partial charge is 0.480 e. The number of carboxylic acids is 1. The van der Waals surface area contributed by atoms with E-state index in [1.807, 2.05) is 64.3 Å². The smallest absolute Gasteiger partial charge is 0.325 e. The Kier molecular flexibility index (Phi) is 6.08. The van der Waals surface area contributed by atoms with E-state index in [0.717, 1.165) is 40.0 Å². The van der Waals surface area contributed by atoms with Crippen molar-refractivity contribution >= 4 is 57.2 Å². The lowest BCUT2D eigenvalue weighted by Crippen LogP contribution is -2.35. The van der Waals surface area contributed by atoms with Crippen LogP contribution in [-0.4, -0.2) is 63.1 Å². The Bertz CT molecular complexity index is 1420. The monoisotopic (exact) mass is 510 g/mol. The van der Waals surface area contributed by atoms with Gasteiger partial charge in [-0.05, 0) is 30.7 Å². The van der Waals surface area contributed by atoms with Crippen LogP contribution >= 0.6 is 22.9 Å². The number of aryl methyl sites for hydroxylation is 1. The minimum absolute atomic E-state index is 0.309. The highest BCUT2D eigenvalue weighted by molar-refractivity contribution is 7.14. The van der Waals surface area contributed by atoms with E-state index >= 15 is 0 Å². The number of hydrogen-bond donors (Lipinski definition) is 1. The Hall–Kier alpha value is -3.63. The number of carbonyl (C=O) groups is 2. The molecule has 1 aliphatic rings. The van der Waals surface area contributed by atoms with Gasteiger partial charge < -0.3 is 14.9 Å². The minimum atomic E-state index is -1.02. The van der Waals surface area contributed by atoms with E-state index in [1.54, 1.807) is 4.90 Å². The molecule has 0 spiro atoms. The second-order valence-electron chi connectivity index (χ2n) is 8.18. The fourth-order valence-corrected chi connectivity index (χ4v) is 5.14. The fraction of sp³-hybridized carbons (Fsp3) is 0.250. The van der Waals surface area contributed by atoms with Gasteiger partial charge in [-0.2, -0.15) is 0 Å². The molecule has 1 fully saturated rings. The molecule has 0 radical (unpaired) electrons. The molecule has 0 unspecified atom stereocenters. The fourth-order valence-electron chi connectivity index (χ4n) is 4.22. The Balaban J connectivity index is 1.50. The van der Waals surface area contributed by atoms with Gasteiger partial charge >= 0.3 is 12.0 Å². The van der Waals surface area contributed by atoms with E-state index in [-0.39, 0.29) is 12.6 Å². The summed E-state index contributed by atoms with van der Waals surface area (Å²) in [6.07, 6.45) is 2.60. The third-order valence-corrected chi connectivity index (χ3v) is 7.12. The van der Waals surface area contributed by atoms with Gasteiger partial charge in [0.25, 0.3) is 0 Å². The highest BCUT2D eigenvalue weighted by Crippen LogP contribution is 2.35. The molecule has 0 aliphatic carbocycles. The standard InChI is InChI=1S/C24H23ClN6O3S/c1-3-18-22(28(2)23-27-19(14-35-23)15-4-6-16(25)7-5-15)31-12-17(8-9-20(31)26-18)30-11-10-29(24(30)34)13-21(32)33/h4-9,12,14H,3,10-11,13H2,1-2H3,(H,32,33). The molecule has 35 heavy (non-hydrogen) atoms. The summed E-state index contributed by atoms with van der Waals surface area (Å²) in [6, 6.07) is 11.0. The Labute approximate surface area is 210 Å². The first-order chi connectivity index (χ1) is 16.9. The molecule has 3 aromatic heterocycles. The van der Waals surface area contributed by atoms with E-state index in [9.17, 15) is 9.59 Å². The molecule has 1 aromatic carbocycles. The van der Waals surface area contributed by atoms with Crippen LogP contribution in [0.5, 0.6) is 0 Å². The number of thiazole rings is 1. The second-order valence-corrected chi connectivity index (χ2v) is 9.45. The van der Waals surface area contributed by atoms with Crippen LogP contribution < -0.4 is 9.80 Å². The van der Waals surface area contributed by atoms with Gasteiger partial charge in [-0.3, -0.25) is 14.1 Å². The number of carbonyl (C=O) groups excluding carboxylic acids is 1. The number of hydrogen-bond acceptors (Lipinski definition) is 6. The van der Waals surface area contributed by atoms with E-state index in [2.05, 4.69) is 6.92 Å². The average molecular weight is 511 g/mol. The molecule has 9 nitrogen and oxygen atoms in total. The molecule has 1 saturated heterocycles. The molecule has 0 bridgehead atoms.